The average molecular weight is 293 g/mol. The molecule has 0 saturated heterocycles. The molecule has 0 saturated carbocycles. The van der Waals surface area contributed by atoms with E-state index in [1.165, 1.54) is 11.6 Å². The van der Waals surface area contributed by atoms with Gasteiger partial charge in [-0.25, -0.2) is 4.79 Å². The zero-order valence-electron chi connectivity index (χ0n) is 11.3. The predicted octanol–water partition coefficient (Wildman–Crippen LogP) is 0.00972. The molecule has 0 aliphatic heterocycles. The summed E-state index contributed by atoms with van der Waals surface area (Å²) in [5, 5.41) is 11.3. The molecule has 2 heterocycles. The Hall–Kier alpha value is -2.15. The van der Waals surface area contributed by atoms with Gasteiger partial charge in [0.25, 0.3) is 5.56 Å². The Labute approximate surface area is 118 Å². The fourth-order valence-electron chi connectivity index (χ4n) is 2.07. The van der Waals surface area contributed by atoms with Crippen LogP contribution in [0.15, 0.2) is 21.7 Å². The third kappa shape index (κ3) is 2.00. The van der Waals surface area contributed by atoms with E-state index in [4.69, 9.17) is 0 Å². The molecule has 0 aliphatic carbocycles. The number of rotatable bonds is 3. The normalized spacial score (nSPS) is 10.9. The first-order chi connectivity index (χ1) is 9.25. The monoisotopic (exact) mass is 293 g/mol. The van der Waals surface area contributed by atoms with E-state index < -0.39 is 17.2 Å². The van der Waals surface area contributed by atoms with Crippen LogP contribution in [0.4, 0.5) is 0 Å². The SMILES string of the molecule is C=C(C)Cn1c(=O)n(C)c(=O)c2c(C)c(C(=O)[O-])sc21. The van der Waals surface area contributed by atoms with Crippen molar-refractivity contribution in [1.29, 1.82) is 0 Å². The second-order valence-electron chi connectivity index (χ2n) is 4.71. The third-order valence-corrected chi connectivity index (χ3v) is 4.32. The van der Waals surface area contributed by atoms with Gasteiger partial charge in [-0.2, -0.15) is 0 Å². The van der Waals surface area contributed by atoms with Gasteiger partial charge in [-0.15, -0.1) is 11.3 Å². The summed E-state index contributed by atoms with van der Waals surface area (Å²) in [6.45, 7) is 7.27. The number of hydrogen-bond acceptors (Lipinski definition) is 5. The molecule has 2 aromatic rings. The molecular weight excluding hydrogens is 280 g/mol. The first-order valence-corrected chi connectivity index (χ1v) is 6.66. The number of hydrogen-bond donors (Lipinski definition) is 0. The zero-order valence-corrected chi connectivity index (χ0v) is 12.2. The second-order valence-corrected chi connectivity index (χ2v) is 5.71. The summed E-state index contributed by atoms with van der Waals surface area (Å²) >= 11 is 0.884. The van der Waals surface area contributed by atoms with E-state index in [1.54, 1.807) is 13.8 Å². The van der Waals surface area contributed by atoms with Gasteiger partial charge in [-0.3, -0.25) is 13.9 Å². The topological polar surface area (TPSA) is 84.1 Å². The molecule has 0 bridgehead atoms. The van der Waals surface area contributed by atoms with Gasteiger partial charge in [0.2, 0.25) is 0 Å². The van der Waals surface area contributed by atoms with E-state index in [9.17, 15) is 19.5 Å². The van der Waals surface area contributed by atoms with Crippen LogP contribution in [0.3, 0.4) is 0 Å². The second kappa shape index (κ2) is 4.75. The van der Waals surface area contributed by atoms with Crippen molar-refractivity contribution in [3.8, 4) is 0 Å². The summed E-state index contributed by atoms with van der Waals surface area (Å²) in [5.74, 6) is -1.35. The zero-order chi connectivity index (χ0) is 15.2. The van der Waals surface area contributed by atoms with Crippen molar-refractivity contribution in [2.45, 2.75) is 20.4 Å². The largest absolute Gasteiger partial charge is 0.544 e. The quantitative estimate of drug-likeness (QED) is 0.746. The Morgan fingerprint density at radius 3 is 2.50 bits per heavy atom. The van der Waals surface area contributed by atoms with Crippen LogP contribution in [0, 0.1) is 6.92 Å². The van der Waals surface area contributed by atoms with Gasteiger partial charge in [0.15, 0.2) is 0 Å². The highest BCUT2D eigenvalue weighted by molar-refractivity contribution is 7.20. The van der Waals surface area contributed by atoms with Crippen LogP contribution in [0.1, 0.15) is 22.2 Å². The lowest BCUT2D eigenvalue weighted by molar-refractivity contribution is -0.254. The molecule has 0 amide bonds. The maximum atomic E-state index is 12.2. The van der Waals surface area contributed by atoms with E-state index in [1.807, 2.05) is 0 Å². The summed E-state index contributed by atoms with van der Waals surface area (Å²) in [5.41, 5.74) is 0.0787. The summed E-state index contributed by atoms with van der Waals surface area (Å²) in [7, 11) is 1.37. The van der Waals surface area contributed by atoms with E-state index >= 15 is 0 Å². The smallest absolute Gasteiger partial charge is 0.332 e. The van der Waals surface area contributed by atoms with Gasteiger partial charge in [0, 0.05) is 13.6 Å². The van der Waals surface area contributed by atoms with E-state index in [0.717, 1.165) is 21.5 Å². The number of carboxylic acid groups (broad SMARTS) is 1. The van der Waals surface area contributed by atoms with Gasteiger partial charge < -0.3 is 9.90 Å². The van der Waals surface area contributed by atoms with Crippen LogP contribution in [0.5, 0.6) is 0 Å². The number of thiophene rings is 1. The third-order valence-electron chi connectivity index (χ3n) is 3.02. The molecule has 0 unspecified atom stereocenters. The Bertz CT molecular complexity index is 854. The van der Waals surface area contributed by atoms with Crippen LogP contribution in [-0.4, -0.2) is 15.1 Å². The first kappa shape index (κ1) is 14.3. The van der Waals surface area contributed by atoms with Gasteiger partial charge in [-0.05, 0) is 19.4 Å². The number of fused-ring (bicyclic) bond motifs is 1. The Morgan fingerprint density at radius 2 is 2.00 bits per heavy atom. The molecule has 0 N–H and O–H groups in total. The van der Waals surface area contributed by atoms with Crippen molar-refractivity contribution >= 4 is 27.5 Å². The molecule has 6 nitrogen and oxygen atoms in total. The van der Waals surface area contributed by atoms with Gasteiger partial charge >= 0.3 is 5.69 Å². The molecule has 0 radical (unpaired) electrons. The minimum Gasteiger partial charge on any atom is -0.544 e. The highest BCUT2D eigenvalue weighted by atomic mass is 32.1. The van der Waals surface area contributed by atoms with Crippen LogP contribution in [-0.2, 0) is 13.6 Å². The van der Waals surface area contributed by atoms with Crippen molar-refractivity contribution in [1.82, 2.24) is 9.13 Å². The van der Waals surface area contributed by atoms with Crippen LogP contribution < -0.4 is 16.4 Å². The minimum absolute atomic E-state index is 0.0295. The highest BCUT2D eigenvalue weighted by Crippen LogP contribution is 2.27. The van der Waals surface area contributed by atoms with Crippen LogP contribution >= 0.6 is 11.3 Å². The fourth-order valence-corrected chi connectivity index (χ4v) is 3.19. The molecule has 0 aliphatic rings. The van der Waals surface area contributed by atoms with Gasteiger partial charge in [0.1, 0.15) is 4.83 Å². The lowest BCUT2D eigenvalue weighted by Gasteiger charge is -2.09. The maximum Gasteiger partial charge on any atom is 0.332 e. The Balaban J connectivity index is 3.03. The van der Waals surface area contributed by atoms with Gasteiger partial charge in [-0.1, -0.05) is 12.2 Å². The van der Waals surface area contributed by atoms with E-state index in [2.05, 4.69) is 6.58 Å². The Morgan fingerprint density at radius 1 is 1.40 bits per heavy atom. The van der Waals surface area contributed by atoms with Crippen molar-refractivity contribution in [3.63, 3.8) is 0 Å². The lowest BCUT2D eigenvalue weighted by Crippen LogP contribution is -2.38. The number of allylic oxidation sites excluding steroid dienone is 1. The van der Waals surface area contributed by atoms with E-state index in [-0.39, 0.29) is 16.8 Å². The van der Waals surface area contributed by atoms with Crippen molar-refractivity contribution in [2.24, 2.45) is 7.05 Å². The molecule has 2 aromatic heterocycles. The van der Waals surface area contributed by atoms with Crippen molar-refractivity contribution in [3.05, 3.63) is 43.4 Å². The molecule has 20 heavy (non-hydrogen) atoms. The molecule has 0 atom stereocenters. The summed E-state index contributed by atoms with van der Waals surface area (Å²) in [4.78, 5) is 35.7. The maximum absolute atomic E-state index is 12.2. The van der Waals surface area contributed by atoms with Crippen molar-refractivity contribution in [2.75, 3.05) is 0 Å². The predicted molar refractivity (Wildman–Crippen MR) is 75.2 cm³/mol. The lowest BCUT2D eigenvalue weighted by atomic mass is 10.2. The first-order valence-electron chi connectivity index (χ1n) is 5.84. The van der Waals surface area contributed by atoms with Crippen LogP contribution in [0.2, 0.25) is 0 Å². The number of aryl methyl sites for hydroxylation is 1. The number of aromatic nitrogens is 2. The van der Waals surface area contributed by atoms with E-state index in [0.29, 0.717) is 10.4 Å². The molecule has 2 rings (SSSR count). The number of aromatic carboxylic acids is 1. The number of nitrogens with zero attached hydrogens (tertiary/aromatic N) is 2. The average Bonchev–Trinajstić information content (AvgIpc) is 2.69. The number of carbonyl (C=O) groups is 1. The van der Waals surface area contributed by atoms with Crippen LogP contribution in [0.25, 0.3) is 10.2 Å². The molecule has 7 heteroatoms. The summed E-state index contributed by atoms with van der Waals surface area (Å²) < 4.78 is 2.34. The van der Waals surface area contributed by atoms with Crippen molar-refractivity contribution < 1.29 is 9.90 Å². The Kier molecular flexibility index (Phi) is 3.39. The standard InChI is InChI=1S/C13H14N2O4S/c1-6(2)5-15-11-8(10(16)14(4)13(15)19)7(3)9(20-11)12(17)18/h1,5H2,2-4H3,(H,17,18)/p-1. The minimum atomic E-state index is -1.35. The summed E-state index contributed by atoms with van der Waals surface area (Å²) in [6, 6.07) is 0. The highest BCUT2D eigenvalue weighted by Gasteiger charge is 2.18. The number of carboxylic acids is 1. The van der Waals surface area contributed by atoms with Gasteiger partial charge in [0.05, 0.1) is 16.2 Å². The molecule has 0 aromatic carbocycles. The molecule has 106 valence electrons. The fraction of sp³-hybridized carbons (Fsp3) is 0.308. The molecule has 0 spiro atoms. The summed E-state index contributed by atoms with van der Waals surface area (Å²) in [6.07, 6.45) is 0. The molecular formula is C13H13N2O4S-. The molecule has 0 fully saturated rings. The number of carbonyl (C=O) groups excluding carboxylic acids is 1.